The van der Waals surface area contributed by atoms with Crippen LogP contribution < -0.4 is 19.9 Å². The molecule has 10 heteroatoms. The van der Waals surface area contributed by atoms with Crippen LogP contribution in [0.15, 0.2) is 40.3 Å². The first kappa shape index (κ1) is 22.4. The Morgan fingerprint density at radius 3 is 2.45 bits per heavy atom. The van der Waals surface area contributed by atoms with Gasteiger partial charge in [0, 0.05) is 17.7 Å². The van der Waals surface area contributed by atoms with Crippen LogP contribution in [0.3, 0.4) is 0 Å². The van der Waals surface area contributed by atoms with E-state index >= 15 is 4.39 Å². The van der Waals surface area contributed by atoms with Gasteiger partial charge in [-0.1, -0.05) is 0 Å². The summed E-state index contributed by atoms with van der Waals surface area (Å²) in [4.78, 5) is 20.3. The van der Waals surface area contributed by atoms with Crippen LogP contribution in [0, 0.1) is 5.82 Å². The van der Waals surface area contributed by atoms with E-state index in [1.165, 1.54) is 20.3 Å². The average molecular weight is 447 g/mol. The highest BCUT2D eigenvalue weighted by Gasteiger charge is 2.28. The van der Waals surface area contributed by atoms with Crippen molar-refractivity contribution in [3.05, 3.63) is 41.7 Å². The number of halogens is 1. The lowest BCUT2D eigenvalue weighted by atomic mass is 10.1. The predicted molar refractivity (Wildman–Crippen MR) is 119 cm³/mol. The smallest absolute Gasteiger partial charge is 0.434 e. The number of hydrogen-bond donors (Lipinski definition) is 1. The first-order valence-electron chi connectivity index (χ1n) is 9.30. The summed E-state index contributed by atoms with van der Waals surface area (Å²) in [7, 11) is 2.65. The van der Waals surface area contributed by atoms with E-state index in [1.807, 2.05) is 0 Å². The van der Waals surface area contributed by atoms with Crippen molar-refractivity contribution in [1.82, 2.24) is 0 Å². The number of rotatable bonds is 4. The fourth-order valence-corrected chi connectivity index (χ4v) is 3.33. The van der Waals surface area contributed by atoms with E-state index in [0.717, 1.165) is 11.8 Å². The number of methoxy groups -OCH3 is 2. The number of carbonyl (C=O) groups is 1. The third kappa shape index (κ3) is 5.08. The van der Waals surface area contributed by atoms with Gasteiger partial charge in [0.2, 0.25) is 11.5 Å². The van der Waals surface area contributed by atoms with E-state index in [2.05, 4.69) is 14.7 Å². The van der Waals surface area contributed by atoms with Crippen molar-refractivity contribution in [2.75, 3.05) is 39.4 Å². The number of anilines is 1. The third-order valence-corrected chi connectivity index (χ3v) is 4.97. The molecule has 2 aromatic carbocycles. The molecule has 0 radical (unpaired) electrons. The van der Waals surface area contributed by atoms with Crippen LogP contribution in [-0.2, 0) is 4.74 Å². The van der Waals surface area contributed by atoms with Gasteiger partial charge in [0.25, 0.3) is 0 Å². The van der Waals surface area contributed by atoms with E-state index < -0.39 is 11.9 Å². The summed E-state index contributed by atoms with van der Waals surface area (Å²) >= 11 is 1.12. The van der Waals surface area contributed by atoms with Gasteiger partial charge in [-0.25, -0.2) is 14.2 Å². The number of thioether (sulfide) groups is 1. The second kappa shape index (κ2) is 10.2. The number of amides is 1. The first-order chi connectivity index (χ1) is 15.0. The van der Waals surface area contributed by atoms with Crippen molar-refractivity contribution in [1.29, 1.82) is 0 Å². The molecule has 1 aliphatic heterocycles. The van der Waals surface area contributed by atoms with Crippen molar-refractivity contribution in [2.24, 2.45) is 9.98 Å². The monoisotopic (exact) mass is 447 g/mol. The number of nitrogen functional groups attached to an aromatic ring is 1. The van der Waals surface area contributed by atoms with E-state index in [-0.39, 0.29) is 40.2 Å². The van der Waals surface area contributed by atoms with Gasteiger partial charge in [-0.3, -0.25) is 0 Å². The summed E-state index contributed by atoms with van der Waals surface area (Å²) in [6.07, 6.45) is 1.45. The minimum absolute atomic E-state index is 0.0370. The zero-order valence-corrected chi connectivity index (χ0v) is 18.1. The predicted octanol–water partition coefficient (Wildman–Crippen LogP) is 4.23. The zero-order chi connectivity index (χ0) is 22.4. The molecule has 0 atom stereocenters. The van der Waals surface area contributed by atoms with E-state index in [1.54, 1.807) is 30.5 Å². The van der Waals surface area contributed by atoms with Gasteiger partial charge < -0.3 is 24.7 Å². The molecule has 0 aromatic heterocycles. The number of nitrogens with two attached hydrogens (primary N) is 1. The van der Waals surface area contributed by atoms with Gasteiger partial charge in [0.05, 0.1) is 33.1 Å². The molecule has 31 heavy (non-hydrogen) atoms. The summed E-state index contributed by atoms with van der Waals surface area (Å²) < 4.78 is 36.9. The largest absolute Gasteiger partial charge is 0.493 e. The third-order valence-electron chi connectivity index (χ3n) is 4.30. The maximum absolute atomic E-state index is 15.6. The molecule has 0 spiro atoms. The molecule has 0 aliphatic carbocycles. The summed E-state index contributed by atoms with van der Waals surface area (Å²) in [6.45, 7) is 0.654. The Labute approximate surface area is 183 Å². The molecule has 1 heterocycles. The van der Waals surface area contributed by atoms with Crippen molar-refractivity contribution in [2.45, 2.75) is 6.42 Å². The molecule has 0 saturated heterocycles. The fourth-order valence-electron chi connectivity index (χ4n) is 2.82. The number of carbonyl (C=O) groups excluding carboxylic acids is 1. The summed E-state index contributed by atoms with van der Waals surface area (Å²) in [5, 5.41) is 0.152. The second-order valence-corrected chi connectivity index (χ2v) is 7.09. The fraction of sp³-hybridized carbons (Fsp3) is 0.286. The molecule has 2 aromatic rings. The molecule has 0 fully saturated rings. The highest BCUT2D eigenvalue weighted by molar-refractivity contribution is 8.15. The van der Waals surface area contributed by atoms with Gasteiger partial charge in [-0.05, 0) is 36.6 Å². The molecule has 8 nitrogen and oxygen atoms in total. The van der Waals surface area contributed by atoms with Crippen LogP contribution in [0.4, 0.5) is 20.6 Å². The minimum atomic E-state index is -0.837. The lowest BCUT2D eigenvalue weighted by Gasteiger charge is -2.17. The van der Waals surface area contributed by atoms with Crippen LogP contribution in [0.25, 0.3) is 0 Å². The van der Waals surface area contributed by atoms with Gasteiger partial charge in [0.1, 0.15) is 10.8 Å². The Morgan fingerprint density at radius 2 is 1.84 bits per heavy atom. The van der Waals surface area contributed by atoms with Crippen LogP contribution in [-0.4, -0.2) is 50.5 Å². The molecule has 2 N–H and O–H groups in total. The van der Waals surface area contributed by atoms with E-state index in [0.29, 0.717) is 24.4 Å². The Balaban J connectivity index is 2.26. The lowest BCUT2D eigenvalue weighted by molar-refractivity contribution is 0.183. The molecular formula is C21H22FN3O5S. The second-order valence-electron chi connectivity index (χ2n) is 6.29. The quantitative estimate of drug-likeness (QED) is 0.425. The number of fused-ring (bicyclic) bond motifs is 1. The summed E-state index contributed by atoms with van der Waals surface area (Å²) in [5.41, 5.74) is 6.93. The van der Waals surface area contributed by atoms with Gasteiger partial charge >= 0.3 is 6.09 Å². The normalized spacial score (nSPS) is 14.1. The maximum Gasteiger partial charge on any atom is 0.434 e. The molecule has 0 bridgehead atoms. The summed E-state index contributed by atoms with van der Waals surface area (Å²) in [5.74, 6) is -0.311. The SMILES string of the molecule is COC(=O)N=C(SC)C(=Nc1ccc(N)cc1)c1cc(OC)c2c(c1F)OCCCO2. The number of ether oxygens (including phenoxy) is 4. The van der Waals surface area contributed by atoms with E-state index in [4.69, 9.17) is 19.9 Å². The van der Waals surface area contributed by atoms with Crippen molar-refractivity contribution >= 4 is 40.0 Å². The number of benzene rings is 2. The Bertz CT molecular complexity index is 1020. The number of aliphatic imine (C=N–C) groups is 2. The van der Waals surface area contributed by atoms with Crippen molar-refractivity contribution < 1.29 is 28.1 Å². The van der Waals surface area contributed by atoms with Crippen LogP contribution in [0.2, 0.25) is 0 Å². The number of hydrogen-bond acceptors (Lipinski definition) is 8. The molecular weight excluding hydrogens is 425 g/mol. The highest BCUT2D eigenvalue weighted by Crippen LogP contribution is 2.43. The molecule has 0 saturated carbocycles. The Morgan fingerprint density at radius 1 is 1.16 bits per heavy atom. The van der Waals surface area contributed by atoms with Gasteiger partial charge in [0.15, 0.2) is 11.6 Å². The molecule has 3 rings (SSSR count). The number of nitrogens with zero attached hydrogens (tertiary/aromatic N) is 2. The highest BCUT2D eigenvalue weighted by atomic mass is 32.2. The standard InChI is InChI=1S/C21H22FN3O5S/c1-27-15-11-14(16(22)19-18(15)29-9-4-10-30-19)17(20(31-3)25-21(26)28-2)24-13-7-5-12(23)6-8-13/h5-8,11H,4,9-10,23H2,1-3H3. The average Bonchev–Trinajstić information content (AvgIpc) is 3.04. The Hall–Kier alpha value is -3.27. The molecule has 1 aliphatic rings. The van der Waals surface area contributed by atoms with Crippen molar-refractivity contribution in [3.63, 3.8) is 0 Å². The van der Waals surface area contributed by atoms with Gasteiger partial charge in [-0.15, -0.1) is 11.8 Å². The summed E-state index contributed by atoms with van der Waals surface area (Å²) in [6, 6.07) is 8.12. The van der Waals surface area contributed by atoms with Crippen LogP contribution >= 0.6 is 11.8 Å². The molecule has 0 unspecified atom stereocenters. The topological polar surface area (TPSA) is 105 Å². The molecule has 1 amide bonds. The van der Waals surface area contributed by atoms with Crippen LogP contribution in [0.1, 0.15) is 12.0 Å². The molecule has 164 valence electrons. The van der Waals surface area contributed by atoms with Gasteiger partial charge in [-0.2, -0.15) is 4.99 Å². The van der Waals surface area contributed by atoms with E-state index in [9.17, 15) is 4.79 Å². The minimum Gasteiger partial charge on any atom is -0.493 e. The lowest BCUT2D eigenvalue weighted by Crippen LogP contribution is -2.17. The zero-order valence-electron chi connectivity index (χ0n) is 17.3. The van der Waals surface area contributed by atoms with Crippen LogP contribution in [0.5, 0.6) is 17.2 Å². The Kier molecular flexibility index (Phi) is 7.35. The first-order valence-corrected chi connectivity index (χ1v) is 10.5. The van der Waals surface area contributed by atoms with Crippen molar-refractivity contribution in [3.8, 4) is 17.2 Å². The maximum atomic E-state index is 15.6.